The smallest absolute Gasteiger partial charge is 0.254 e. The Morgan fingerprint density at radius 3 is 2.53 bits per heavy atom. The molecule has 11 heteroatoms. The van der Waals surface area contributed by atoms with Crippen LogP contribution in [-0.4, -0.2) is 73.7 Å². The number of carbonyl (C=O) groups excluding carboxylic acids is 2. The van der Waals surface area contributed by atoms with Crippen LogP contribution < -0.4 is 4.90 Å². The Bertz CT molecular complexity index is 1250. The molecule has 4 heterocycles. The van der Waals surface area contributed by atoms with Gasteiger partial charge in [-0.15, -0.1) is 0 Å². The van der Waals surface area contributed by atoms with Crippen molar-refractivity contribution in [2.45, 2.75) is 38.9 Å². The fraction of sp³-hybridized carbons (Fsp3) is 0.435. The Kier molecular flexibility index (Phi) is 5.68. The minimum absolute atomic E-state index is 0.00813. The van der Waals surface area contributed by atoms with Crippen molar-refractivity contribution in [1.82, 2.24) is 28.7 Å². The Hall–Kier alpha value is -3.18. The van der Waals surface area contributed by atoms with Crippen molar-refractivity contribution in [2.24, 2.45) is 0 Å². The Morgan fingerprint density at radius 2 is 1.91 bits per heavy atom. The molecule has 1 aromatic carbocycles. The number of hydrogen-bond acceptors (Lipinski definition) is 7. The lowest BCUT2D eigenvalue weighted by Crippen LogP contribution is -2.42. The summed E-state index contributed by atoms with van der Waals surface area (Å²) in [5.74, 6) is 1.34. The first-order valence-corrected chi connectivity index (χ1v) is 12.0. The van der Waals surface area contributed by atoms with E-state index in [2.05, 4.69) is 13.9 Å². The average Bonchev–Trinajstić information content (AvgIpc) is 3.50. The topological polar surface area (TPSA) is 87.5 Å². The van der Waals surface area contributed by atoms with Crippen LogP contribution in [0.1, 0.15) is 41.3 Å². The minimum Gasteiger partial charge on any atom is -0.328 e. The van der Waals surface area contributed by atoms with Crippen molar-refractivity contribution >= 4 is 29.2 Å². The van der Waals surface area contributed by atoms with Crippen LogP contribution in [0.15, 0.2) is 24.3 Å². The standard InChI is InChI=1S/C23H26FN7O2S/c1-13-19-20(31-12-17(28(3)4)11-18(31)32)26-21(22-25-14(2)27-34-22)30(19)10-9-29(13)23(33)15-5-7-16(24)8-6-15/h5-8,13,17H,9-12H2,1-4H3/t13-,17-/m1/s1. The van der Waals surface area contributed by atoms with Crippen LogP contribution in [0.4, 0.5) is 10.2 Å². The van der Waals surface area contributed by atoms with Crippen LogP contribution in [0.2, 0.25) is 0 Å². The molecular weight excluding hydrogens is 457 g/mol. The average molecular weight is 484 g/mol. The normalized spacial score (nSPS) is 20.4. The fourth-order valence-corrected chi connectivity index (χ4v) is 5.34. The lowest BCUT2D eigenvalue weighted by atomic mass is 10.1. The van der Waals surface area contributed by atoms with Crippen molar-refractivity contribution < 1.29 is 14.0 Å². The third-order valence-corrected chi connectivity index (χ3v) is 7.38. The van der Waals surface area contributed by atoms with Crippen LogP contribution in [0.3, 0.4) is 0 Å². The maximum Gasteiger partial charge on any atom is 0.254 e. The summed E-state index contributed by atoms with van der Waals surface area (Å²) in [6.45, 7) is 5.27. The fourth-order valence-electron chi connectivity index (χ4n) is 4.67. The second kappa shape index (κ2) is 8.55. The second-order valence-electron chi connectivity index (χ2n) is 8.95. The number of imidazole rings is 1. The summed E-state index contributed by atoms with van der Waals surface area (Å²) in [5.41, 5.74) is 1.23. The molecule has 1 saturated heterocycles. The number of aryl methyl sites for hydroxylation is 1. The molecule has 5 rings (SSSR count). The maximum absolute atomic E-state index is 13.4. The number of anilines is 1. The van der Waals surface area contributed by atoms with E-state index in [-0.39, 0.29) is 29.7 Å². The highest BCUT2D eigenvalue weighted by Gasteiger charge is 2.40. The molecule has 2 amide bonds. The number of halogens is 1. The van der Waals surface area contributed by atoms with Gasteiger partial charge in [-0.1, -0.05) is 0 Å². The third-order valence-electron chi connectivity index (χ3n) is 6.58. The summed E-state index contributed by atoms with van der Waals surface area (Å²) in [6, 6.07) is 5.32. The highest BCUT2D eigenvalue weighted by molar-refractivity contribution is 7.09. The van der Waals surface area contributed by atoms with Gasteiger partial charge in [0, 0.05) is 37.7 Å². The SMILES string of the molecule is Cc1nsc(-c2nc(N3C[C@H](N(C)C)CC3=O)c3n2CCN(C(=O)c2ccc(F)cc2)[C@@H]3C)n1. The number of aromatic nitrogens is 4. The zero-order chi connectivity index (χ0) is 24.1. The van der Waals surface area contributed by atoms with Gasteiger partial charge < -0.3 is 14.4 Å². The molecule has 0 bridgehead atoms. The first-order valence-electron chi connectivity index (χ1n) is 11.2. The molecule has 9 nitrogen and oxygen atoms in total. The van der Waals surface area contributed by atoms with Gasteiger partial charge in [0.1, 0.15) is 11.6 Å². The largest absolute Gasteiger partial charge is 0.328 e. The molecule has 0 radical (unpaired) electrons. The predicted octanol–water partition coefficient (Wildman–Crippen LogP) is 2.73. The van der Waals surface area contributed by atoms with E-state index in [1.54, 1.807) is 9.80 Å². The molecule has 2 aromatic heterocycles. The molecule has 0 unspecified atom stereocenters. The molecule has 0 saturated carbocycles. The quantitative estimate of drug-likeness (QED) is 0.567. The summed E-state index contributed by atoms with van der Waals surface area (Å²) in [4.78, 5) is 41.3. The van der Waals surface area contributed by atoms with Gasteiger partial charge in [-0.25, -0.2) is 14.4 Å². The molecule has 2 aliphatic heterocycles. The molecule has 2 aliphatic rings. The van der Waals surface area contributed by atoms with E-state index in [0.29, 0.717) is 54.1 Å². The van der Waals surface area contributed by atoms with E-state index in [1.807, 2.05) is 32.8 Å². The number of carbonyl (C=O) groups is 2. The van der Waals surface area contributed by atoms with Gasteiger partial charge in [-0.05, 0) is 63.7 Å². The van der Waals surface area contributed by atoms with Gasteiger partial charge in [0.05, 0.1) is 11.7 Å². The van der Waals surface area contributed by atoms with Crippen molar-refractivity contribution in [3.05, 3.63) is 47.2 Å². The lowest BCUT2D eigenvalue weighted by molar-refractivity contribution is -0.117. The van der Waals surface area contributed by atoms with Gasteiger partial charge in [0.15, 0.2) is 16.6 Å². The van der Waals surface area contributed by atoms with E-state index in [9.17, 15) is 14.0 Å². The molecule has 0 N–H and O–H groups in total. The number of benzene rings is 1. The van der Waals surface area contributed by atoms with Crippen molar-refractivity contribution in [3.63, 3.8) is 0 Å². The molecule has 0 aliphatic carbocycles. The number of amides is 2. The monoisotopic (exact) mass is 483 g/mol. The van der Waals surface area contributed by atoms with Gasteiger partial charge in [0.2, 0.25) is 5.91 Å². The summed E-state index contributed by atoms with van der Waals surface area (Å²) in [7, 11) is 3.93. The van der Waals surface area contributed by atoms with Crippen LogP contribution in [0.25, 0.3) is 10.8 Å². The highest BCUT2D eigenvalue weighted by atomic mass is 32.1. The summed E-state index contributed by atoms with van der Waals surface area (Å²) < 4.78 is 19.8. The third kappa shape index (κ3) is 3.78. The van der Waals surface area contributed by atoms with E-state index in [0.717, 1.165) is 5.69 Å². The first-order chi connectivity index (χ1) is 16.2. The Labute approximate surface area is 201 Å². The summed E-state index contributed by atoms with van der Waals surface area (Å²) in [5, 5.41) is 0.686. The van der Waals surface area contributed by atoms with E-state index < -0.39 is 0 Å². The molecule has 178 valence electrons. The predicted molar refractivity (Wildman–Crippen MR) is 126 cm³/mol. The number of nitrogens with zero attached hydrogens (tertiary/aromatic N) is 7. The van der Waals surface area contributed by atoms with Crippen LogP contribution in [0, 0.1) is 12.7 Å². The van der Waals surface area contributed by atoms with Crippen molar-refractivity contribution in [2.75, 3.05) is 32.1 Å². The van der Waals surface area contributed by atoms with Gasteiger partial charge in [-0.3, -0.25) is 14.5 Å². The number of fused-ring (bicyclic) bond motifs is 1. The van der Waals surface area contributed by atoms with Gasteiger partial charge >= 0.3 is 0 Å². The van der Waals surface area contributed by atoms with E-state index in [1.165, 1.54) is 35.8 Å². The van der Waals surface area contributed by atoms with Gasteiger partial charge in [-0.2, -0.15) is 4.37 Å². The Morgan fingerprint density at radius 1 is 1.18 bits per heavy atom. The number of rotatable bonds is 4. The van der Waals surface area contributed by atoms with Crippen molar-refractivity contribution in [3.8, 4) is 10.8 Å². The molecule has 0 spiro atoms. The maximum atomic E-state index is 13.4. The summed E-state index contributed by atoms with van der Waals surface area (Å²) in [6.07, 6.45) is 0.416. The molecule has 2 atom stereocenters. The number of hydrogen-bond donors (Lipinski definition) is 0. The second-order valence-corrected chi connectivity index (χ2v) is 9.70. The molecule has 3 aromatic rings. The number of likely N-dealkylation sites (N-methyl/N-ethyl adjacent to an activating group) is 1. The van der Waals surface area contributed by atoms with Crippen LogP contribution >= 0.6 is 11.5 Å². The summed E-state index contributed by atoms with van der Waals surface area (Å²) >= 11 is 1.27. The molecule has 1 fully saturated rings. The van der Waals surface area contributed by atoms with Crippen LogP contribution in [-0.2, 0) is 11.3 Å². The van der Waals surface area contributed by atoms with Gasteiger partial charge in [0.25, 0.3) is 5.91 Å². The Balaban J connectivity index is 1.57. The highest BCUT2D eigenvalue weighted by Crippen LogP contribution is 2.39. The lowest BCUT2D eigenvalue weighted by Gasteiger charge is -2.36. The zero-order valence-electron chi connectivity index (χ0n) is 19.5. The minimum atomic E-state index is -0.386. The molecule has 34 heavy (non-hydrogen) atoms. The van der Waals surface area contributed by atoms with Crippen molar-refractivity contribution in [1.29, 1.82) is 0 Å². The first kappa shape index (κ1) is 22.6. The zero-order valence-corrected chi connectivity index (χ0v) is 20.3. The van der Waals surface area contributed by atoms with Crippen LogP contribution in [0.5, 0.6) is 0 Å². The molecular formula is C23H26FN7O2S. The van der Waals surface area contributed by atoms with E-state index in [4.69, 9.17) is 4.98 Å². The van der Waals surface area contributed by atoms with E-state index >= 15 is 0 Å².